The maximum atomic E-state index is 13.5. The van der Waals surface area contributed by atoms with Gasteiger partial charge in [-0.25, -0.2) is 4.39 Å². The summed E-state index contributed by atoms with van der Waals surface area (Å²) in [6, 6.07) is 8.55. The number of hydrogen-bond donors (Lipinski definition) is 2. The third kappa shape index (κ3) is 3.24. The van der Waals surface area contributed by atoms with Gasteiger partial charge in [0.15, 0.2) is 5.78 Å². The number of halogens is 1. The summed E-state index contributed by atoms with van der Waals surface area (Å²) < 4.78 is 13.5. The molecule has 0 unspecified atom stereocenters. The van der Waals surface area contributed by atoms with Crippen LogP contribution in [0.25, 0.3) is 0 Å². The fourth-order valence-corrected chi connectivity index (χ4v) is 3.26. The van der Waals surface area contributed by atoms with Crippen LogP contribution in [0.2, 0.25) is 0 Å². The Labute approximate surface area is 127 Å². The first-order valence-electron chi connectivity index (χ1n) is 7.06. The van der Waals surface area contributed by atoms with Gasteiger partial charge >= 0.3 is 0 Å². The lowest BCUT2D eigenvalue weighted by Crippen LogP contribution is -2.04. The molecular formula is C16H17FN2OS. The van der Waals surface area contributed by atoms with E-state index in [1.54, 1.807) is 18.2 Å². The third-order valence-corrected chi connectivity index (χ3v) is 4.71. The second kappa shape index (κ2) is 5.85. The topological polar surface area (TPSA) is 55.1 Å². The molecule has 0 bridgehead atoms. The van der Waals surface area contributed by atoms with Crippen LogP contribution in [0.15, 0.2) is 30.3 Å². The molecule has 0 amide bonds. The second-order valence-corrected chi connectivity index (χ2v) is 6.35. The van der Waals surface area contributed by atoms with E-state index in [2.05, 4.69) is 5.32 Å². The van der Waals surface area contributed by atoms with Gasteiger partial charge in [-0.2, -0.15) is 0 Å². The minimum atomic E-state index is -0.186. The van der Waals surface area contributed by atoms with Gasteiger partial charge in [0.05, 0.1) is 15.6 Å². The van der Waals surface area contributed by atoms with E-state index in [0.717, 1.165) is 17.8 Å². The van der Waals surface area contributed by atoms with Gasteiger partial charge in [-0.1, -0.05) is 18.2 Å². The van der Waals surface area contributed by atoms with Crippen LogP contribution in [0, 0.1) is 11.7 Å². The molecule has 1 heterocycles. The van der Waals surface area contributed by atoms with Crippen LogP contribution >= 0.6 is 11.3 Å². The van der Waals surface area contributed by atoms with Crippen molar-refractivity contribution < 1.29 is 9.18 Å². The highest BCUT2D eigenvalue weighted by Crippen LogP contribution is 2.38. The molecule has 5 heteroatoms. The quantitative estimate of drug-likeness (QED) is 0.800. The molecule has 1 aliphatic carbocycles. The van der Waals surface area contributed by atoms with Crippen molar-refractivity contribution in [3.8, 4) is 0 Å². The Bertz CT molecular complexity index is 664. The van der Waals surface area contributed by atoms with E-state index in [-0.39, 0.29) is 17.5 Å². The molecule has 3 rings (SSSR count). The van der Waals surface area contributed by atoms with Crippen molar-refractivity contribution >= 4 is 27.8 Å². The van der Waals surface area contributed by atoms with E-state index < -0.39 is 0 Å². The Morgan fingerprint density at radius 1 is 1.38 bits per heavy atom. The highest BCUT2D eigenvalue weighted by molar-refractivity contribution is 7.18. The average Bonchev–Trinajstić information content (AvgIpc) is 3.24. The zero-order valence-corrected chi connectivity index (χ0v) is 12.4. The number of anilines is 2. The Balaban J connectivity index is 1.59. The van der Waals surface area contributed by atoms with Gasteiger partial charge in [-0.3, -0.25) is 4.79 Å². The molecule has 3 nitrogen and oxygen atoms in total. The Kier molecular flexibility index (Phi) is 3.92. The summed E-state index contributed by atoms with van der Waals surface area (Å²) in [5.74, 6) is 0.159. The van der Waals surface area contributed by atoms with Crippen LogP contribution in [0.1, 0.15) is 28.1 Å². The van der Waals surface area contributed by atoms with Crippen molar-refractivity contribution in [2.24, 2.45) is 5.92 Å². The van der Waals surface area contributed by atoms with Gasteiger partial charge in [0.1, 0.15) is 5.82 Å². The number of nitrogen functional groups attached to an aromatic ring is 1. The van der Waals surface area contributed by atoms with Crippen molar-refractivity contribution in [3.05, 3.63) is 46.6 Å². The fourth-order valence-electron chi connectivity index (χ4n) is 2.24. The van der Waals surface area contributed by atoms with Crippen LogP contribution in [0.4, 0.5) is 15.1 Å². The molecule has 1 fully saturated rings. The third-order valence-electron chi connectivity index (χ3n) is 3.58. The summed E-state index contributed by atoms with van der Waals surface area (Å²) >= 11 is 1.40. The maximum Gasteiger partial charge on any atom is 0.178 e. The maximum absolute atomic E-state index is 13.5. The molecule has 0 saturated heterocycles. The Morgan fingerprint density at radius 2 is 2.14 bits per heavy atom. The van der Waals surface area contributed by atoms with E-state index in [0.29, 0.717) is 29.1 Å². The van der Waals surface area contributed by atoms with Crippen LogP contribution < -0.4 is 11.1 Å². The average molecular weight is 304 g/mol. The van der Waals surface area contributed by atoms with Gasteiger partial charge in [0, 0.05) is 12.5 Å². The predicted molar refractivity (Wildman–Crippen MR) is 84.4 cm³/mol. The summed E-state index contributed by atoms with van der Waals surface area (Å²) in [7, 11) is 0. The lowest BCUT2D eigenvalue weighted by atomic mass is 10.1. The van der Waals surface area contributed by atoms with Gasteiger partial charge in [0.25, 0.3) is 0 Å². The van der Waals surface area contributed by atoms with E-state index in [4.69, 9.17) is 5.73 Å². The summed E-state index contributed by atoms with van der Waals surface area (Å²) in [6.45, 7) is 0.609. The predicted octanol–water partition coefficient (Wildman–Crippen LogP) is 3.72. The highest BCUT2D eigenvalue weighted by atomic mass is 32.1. The van der Waals surface area contributed by atoms with Gasteiger partial charge in [-0.05, 0) is 37.0 Å². The van der Waals surface area contributed by atoms with Gasteiger partial charge < -0.3 is 11.1 Å². The Morgan fingerprint density at radius 3 is 2.86 bits per heavy atom. The molecule has 0 atom stereocenters. The smallest absolute Gasteiger partial charge is 0.178 e. The molecule has 1 aliphatic rings. The molecular weight excluding hydrogens is 287 g/mol. The molecule has 1 aromatic carbocycles. The minimum absolute atomic E-state index is 0.166. The largest absolute Gasteiger partial charge is 0.397 e. The SMILES string of the molecule is Nc1cc(NCCc2ccccc2F)sc1C(=O)C1CC1. The zero-order valence-electron chi connectivity index (χ0n) is 11.6. The number of nitrogens with one attached hydrogen (secondary N) is 1. The monoisotopic (exact) mass is 304 g/mol. The number of carbonyl (C=O) groups excluding carboxylic acids is 1. The normalized spacial score (nSPS) is 14.1. The molecule has 1 aromatic heterocycles. The molecule has 0 radical (unpaired) electrons. The number of ketones is 1. The number of Topliss-reactive ketones (excluding diaryl/α,β-unsaturated/α-hetero) is 1. The van der Waals surface area contributed by atoms with Crippen molar-refractivity contribution in [1.29, 1.82) is 0 Å². The Hall–Kier alpha value is -1.88. The second-order valence-electron chi connectivity index (χ2n) is 5.30. The number of carbonyl (C=O) groups is 1. The summed E-state index contributed by atoms with van der Waals surface area (Å²) in [6.07, 6.45) is 2.55. The minimum Gasteiger partial charge on any atom is -0.397 e. The van der Waals surface area contributed by atoms with Gasteiger partial charge in [0.2, 0.25) is 0 Å². The first-order valence-corrected chi connectivity index (χ1v) is 7.87. The van der Waals surface area contributed by atoms with Gasteiger partial charge in [-0.15, -0.1) is 11.3 Å². The number of thiophene rings is 1. The molecule has 0 aliphatic heterocycles. The fraction of sp³-hybridized carbons (Fsp3) is 0.312. The zero-order chi connectivity index (χ0) is 14.8. The van der Waals surface area contributed by atoms with Crippen LogP contribution in [-0.2, 0) is 6.42 Å². The molecule has 3 N–H and O–H groups in total. The molecule has 110 valence electrons. The van der Waals surface area contributed by atoms with Crippen molar-refractivity contribution in [1.82, 2.24) is 0 Å². The van der Waals surface area contributed by atoms with Crippen LogP contribution in [0.3, 0.4) is 0 Å². The summed E-state index contributed by atoms with van der Waals surface area (Å²) in [5.41, 5.74) is 7.14. The first-order chi connectivity index (χ1) is 10.1. The summed E-state index contributed by atoms with van der Waals surface area (Å²) in [4.78, 5) is 12.7. The molecule has 21 heavy (non-hydrogen) atoms. The number of rotatable bonds is 6. The van der Waals surface area contributed by atoms with E-state index in [9.17, 15) is 9.18 Å². The number of hydrogen-bond acceptors (Lipinski definition) is 4. The molecule has 2 aromatic rings. The van der Waals surface area contributed by atoms with Crippen molar-refractivity contribution in [2.45, 2.75) is 19.3 Å². The van der Waals surface area contributed by atoms with E-state index in [1.165, 1.54) is 17.4 Å². The molecule has 1 saturated carbocycles. The van der Waals surface area contributed by atoms with Crippen molar-refractivity contribution in [3.63, 3.8) is 0 Å². The standard InChI is InChI=1S/C16H17FN2OS/c17-12-4-2-1-3-10(12)7-8-19-14-9-13(18)16(21-14)15(20)11-5-6-11/h1-4,9,11,19H,5-8,18H2. The van der Waals surface area contributed by atoms with Crippen LogP contribution in [-0.4, -0.2) is 12.3 Å². The number of benzene rings is 1. The summed E-state index contributed by atoms with van der Waals surface area (Å²) in [5, 5.41) is 4.08. The van der Waals surface area contributed by atoms with E-state index in [1.807, 2.05) is 6.07 Å². The first kappa shape index (κ1) is 14.1. The van der Waals surface area contributed by atoms with Crippen molar-refractivity contribution in [2.75, 3.05) is 17.6 Å². The molecule has 0 spiro atoms. The highest BCUT2D eigenvalue weighted by Gasteiger charge is 2.32. The lowest BCUT2D eigenvalue weighted by molar-refractivity contribution is 0.0972. The lowest BCUT2D eigenvalue weighted by Gasteiger charge is -2.04. The van der Waals surface area contributed by atoms with E-state index >= 15 is 0 Å². The number of nitrogens with two attached hydrogens (primary N) is 1. The van der Waals surface area contributed by atoms with Crippen LogP contribution in [0.5, 0.6) is 0 Å².